The third-order valence-electron chi connectivity index (χ3n) is 2.60. The van der Waals surface area contributed by atoms with Gasteiger partial charge >= 0.3 is 6.18 Å². The lowest BCUT2D eigenvalue weighted by Gasteiger charge is -2.19. The fourth-order valence-electron chi connectivity index (χ4n) is 1.33. The van der Waals surface area contributed by atoms with Gasteiger partial charge in [0.1, 0.15) is 11.4 Å². The molecule has 7 heteroatoms. The Morgan fingerprint density at radius 1 is 1.38 bits per heavy atom. The second-order valence-corrected chi connectivity index (χ2v) is 5.07. The third-order valence-corrected chi connectivity index (χ3v) is 3.24. The molecule has 1 N–H and O–H groups in total. The first kappa shape index (κ1) is 11.6. The molecule has 1 saturated carbocycles. The van der Waals surface area contributed by atoms with Crippen molar-refractivity contribution in [3.8, 4) is 0 Å². The number of halogens is 3. The van der Waals surface area contributed by atoms with Crippen LogP contribution in [0.4, 0.5) is 18.3 Å². The molecule has 0 radical (unpaired) electrons. The van der Waals surface area contributed by atoms with Gasteiger partial charge in [-0.15, -0.1) is 0 Å². The summed E-state index contributed by atoms with van der Waals surface area (Å²) in [5.74, 6) is 0.721. The fourth-order valence-corrected chi connectivity index (χ4v) is 2.14. The Morgan fingerprint density at radius 3 is 2.38 bits per heavy atom. The summed E-state index contributed by atoms with van der Waals surface area (Å²) in [6, 6.07) is 0. The van der Waals surface area contributed by atoms with Crippen molar-refractivity contribution in [3.05, 3.63) is 5.82 Å². The highest BCUT2D eigenvalue weighted by atomic mass is 32.1. The summed E-state index contributed by atoms with van der Waals surface area (Å²) < 4.78 is 41.9. The van der Waals surface area contributed by atoms with Crippen molar-refractivity contribution in [1.82, 2.24) is 9.36 Å². The summed E-state index contributed by atoms with van der Waals surface area (Å²) in [5.41, 5.74) is -1.75. The predicted octanol–water partition coefficient (Wildman–Crippen LogP) is 3.17. The first-order valence-corrected chi connectivity index (χ1v) is 5.80. The number of rotatable bonds is 3. The SMILES string of the molecule is CC(C)c1nsc(NC2(C(F)(F)F)CC2)n1. The van der Waals surface area contributed by atoms with E-state index in [4.69, 9.17) is 0 Å². The van der Waals surface area contributed by atoms with Gasteiger partial charge in [0.05, 0.1) is 0 Å². The molecule has 1 aliphatic carbocycles. The van der Waals surface area contributed by atoms with Crippen LogP contribution in [-0.2, 0) is 0 Å². The number of aromatic nitrogens is 2. The maximum absolute atomic E-state index is 12.6. The molecule has 0 aromatic carbocycles. The third kappa shape index (κ3) is 2.00. The number of anilines is 1. The molecule has 0 bridgehead atoms. The van der Waals surface area contributed by atoms with E-state index in [0.717, 1.165) is 11.5 Å². The molecule has 1 aromatic heterocycles. The van der Waals surface area contributed by atoms with Crippen LogP contribution in [0.25, 0.3) is 0 Å². The second-order valence-electron chi connectivity index (χ2n) is 4.32. The zero-order chi connectivity index (χ0) is 12.0. The van der Waals surface area contributed by atoms with Crippen molar-refractivity contribution in [3.63, 3.8) is 0 Å². The zero-order valence-electron chi connectivity index (χ0n) is 8.93. The van der Waals surface area contributed by atoms with Gasteiger partial charge in [0.15, 0.2) is 0 Å². The molecule has 1 aromatic rings. The molecular formula is C9H12F3N3S. The molecule has 0 atom stereocenters. The summed E-state index contributed by atoms with van der Waals surface area (Å²) in [6.45, 7) is 3.81. The van der Waals surface area contributed by atoms with Crippen LogP contribution in [0.1, 0.15) is 38.4 Å². The van der Waals surface area contributed by atoms with Crippen molar-refractivity contribution in [2.24, 2.45) is 0 Å². The van der Waals surface area contributed by atoms with Gasteiger partial charge in [0.2, 0.25) is 5.13 Å². The highest BCUT2D eigenvalue weighted by molar-refractivity contribution is 7.09. The smallest absolute Gasteiger partial charge is 0.346 e. The van der Waals surface area contributed by atoms with Crippen LogP contribution in [0, 0.1) is 0 Å². The highest BCUT2D eigenvalue weighted by Crippen LogP contribution is 2.51. The monoisotopic (exact) mass is 251 g/mol. The van der Waals surface area contributed by atoms with Gasteiger partial charge in [0, 0.05) is 17.5 Å². The molecule has 1 heterocycles. The van der Waals surface area contributed by atoms with Crippen molar-refractivity contribution >= 4 is 16.7 Å². The maximum atomic E-state index is 12.6. The zero-order valence-corrected chi connectivity index (χ0v) is 9.74. The van der Waals surface area contributed by atoms with Gasteiger partial charge in [-0.1, -0.05) is 13.8 Å². The topological polar surface area (TPSA) is 37.8 Å². The standard InChI is InChI=1S/C9H12F3N3S/c1-5(2)6-13-7(16-15-6)14-8(3-4-8)9(10,11)12/h5H,3-4H2,1-2H3,(H,13,14,15). The Morgan fingerprint density at radius 2 is 2.00 bits per heavy atom. The largest absolute Gasteiger partial charge is 0.411 e. The van der Waals surface area contributed by atoms with Gasteiger partial charge in [-0.05, 0) is 12.8 Å². The van der Waals surface area contributed by atoms with Gasteiger partial charge in [0.25, 0.3) is 0 Å². The summed E-state index contributed by atoms with van der Waals surface area (Å²) in [6.07, 6.45) is -3.98. The quantitative estimate of drug-likeness (QED) is 0.896. The first-order chi connectivity index (χ1) is 7.34. The van der Waals surface area contributed by atoms with Gasteiger partial charge in [-0.3, -0.25) is 0 Å². The van der Waals surface area contributed by atoms with E-state index < -0.39 is 11.7 Å². The summed E-state index contributed by atoms with van der Waals surface area (Å²) >= 11 is 0.989. The molecule has 16 heavy (non-hydrogen) atoms. The average Bonchev–Trinajstić information content (AvgIpc) is 2.76. The minimum Gasteiger partial charge on any atom is -0.346 e. The highest BCUT2D eigenvalue weighted by Gasteiger charge is 2.64. The molecule has 0 saturated heterocycles. The van der Waals surface area contributed by atoms with Gasteiger partial charge in [-0.25, -0.2) is 4.98 Å². The second kappa shape index (κ2) is 3.58. The molecule has 90 valence electrons. The van der Waals surface area contributed by atoms with Crippen LogP contribution in [0.15, 0.2) is 0 Å². The predicted molar refractivity (Wildman–Crippen MR) is 55.6 cm³/mol. The molecule has 3 nitrogen and oxygen atoms in total. The molecule has 1 fully saturated rings. The Bertz CT molecular complexity index is 382. The number of nitrogens with one attached hydrogen (secondary N) is 1. The lowest BCUT2D eigenvalue weighted by atomic mass is 10.2. The van der Waals surface area contributed by atoms with Crippen molar-refractivity contribution in [2.45, 2.75) is 44.3 Å². The molecule has 0 aliphatic heterocycles. The van der Waals surface area contributed by atoms with E-state index in [0.29, 0.717) is 5.82 Å². The number of hydrogen-bond acceptors (Lipinski definition) is 4. The van der Waals surface area contributed by atoms with Crippen LogP contribution < -0.4 is 5.32 Å². The lowest BCUT2D eigenvalue weighted by molar-refractivity contribution is -0.151. The molecular weight excluding hydrogens is 239 g/mol. The normalized spacial score (nSPS) is 18.9. The van der Waals surface area contributed by atoms with Crippen LogP contribution in [0.3, 0.4) is 0 Å². The number of nitrogens with zero attached hydrogens (tertiary/aromatic N) is 2. The van der Waals surface area contributed by atoms with E-state index in [1.807, 2.05) is 13.8 Å². The van der Waals surface area contributed by atoms with Gasteiger partial charge < -0.3 is 5.32 Å². The van der Waals surface area contributed by atoms with Crippen LogP contribution >= 0.6 is 11.5 Å². The fraction of sp³-hybridized carbons (Fsp3) is 0.778. The van der Waals surface area contributed by atoms with Crippen LogP contribution in [0.5, 0.6) is 0 Å². The van der Waals surface area contributed by atoms with Crippen molar-refractivity contribution in [1.29, 1.82) is 0 Å². The Hall–Kier alpha value is -0.850. The number of hydrogen-bond donors (Lipinski definition) is 1. The first-order valence-electron chi connectivity index (χ1n) is 5.02. The number of alkyl halides is 3. The summed E-state index contributed by atoms with van der Waals surface area (Å²) in [7, 11) is 0. The van der Waals surface area contributed by atoms with Crippen molar-refractivity contribution in [2.75, 3.05) is 5.32 Å². The van der Waals surface area contributed by atoms with E-state index in [1.165, 1.54) is 0 Å². The molecule has 1 aliphatic rings. The molecule has 2 rings (SSSR count). The van der Waals surface area contributed by atoms with Gasteiger partial charge in [-0.2, -0.15) is 17.5 Å². The van der Waals surface area contributed by atoms with E-state index >= 15 is 0 Å². The lowest BCUT2D eigenvalue weighted by Crippen LogP contribution is -2.38. The van der Waals surface area contributed by atoms with E-state index in [2.05, 4.69) is 14.7 Å². The average molecular weight is 251 g/mol. The van der Waals surface area contributed by atoms with E-state index in [-0.39, 0.29) is 23.9 Å². The molecule has 0 spiro atoms. The van der Waals surface area contributed by atoms with Crippen LogP contribution in [-0.4, -0.2) is 21.1 Å². The Kier molecular flexibility index (Phi) is 2.60. The molecule has 0 unspecified atom stereocenters. The Balaban J connectivity index is 2.10. The van der Waals surface area contributed by atoms with E-state index in [9.17, 15) is 13.2 Å². The minimum absolute atomic E-state index is 0.118. The Labute approximate surface area is 95.2 Å². The van der Waals surface area contributed by atoms with Crippen LogP contribution in [0.2, 0.25) is 0 Å². The van der Waals surface area contributed by atoms with Crippen molar-refractivity contribution < 1.29 is 13.2 Å². The van der Waals surface area contributed by atoms with E-state index in [1.54, 1.807) is 0 Å². The molecule has 0 amide bonds. The minimum atomic E-state index is -4.21. The summed E-state index contributed by atoms with van der Waals surface area (Å²) in [5, 5.41) is 2.73. The summed E-state index contributed by atoms with van der Waals surface area (Å²) in [4.78, 5) is 4.04. The maximum Gasteiger partial charge on any atom is 0.411 e.